The Morgan fingerprint density at radius 2 is 0.877 bits per heavy atom. The van der Waals surface area contributed by atoms with Crippen LogP contribution in [0.4, 0.5) is 0 Å². The largest absolute Gasteiger partial charge is 0.479 e. The molecular weight excluding hydrogens is 925 g/mol. The molecule has 0 aromatic carbocycles. The minimum Gasteiger partial charge on any atom is -0.479 e. The molecule has 0 aromatic heterocycles. The molecule has 1 rings (SSSR count). The second kappa shape index (κ2) is 48.6. The summed E-state index contributed by atoms with van der Waals surface area (Å²) in [6, 6.07) is 0. The molecule has 0 spiro atoms. The number of esters is 3. The normalized spacial score (nSPS) is 19.1. The average molecular weight is 1020 g/mol. The van der Waals surface area contributed by atoms with Crippen molar-refractivity contribution in [1.29, 1.82) is 0 Å². The lowest BCUT2D eigenvalue weighted by Gasteiger charge is -2.40. The fourth-order valence-electron chi connectivity index (χ4n) is 7.89. The van der Waals surface area contributed by atoms with E-state index >= 15 is 0 Å². The summed E-state index contributed by atoms with van der Waals surface area (Å²) in [4.78, 5) is 51.0. The highest BCUT2D eigenvalue weighted by molar-refractivity contribution is 5.74. The quantitative estimate of drug-likeness (QED) is 0.0228. The molecule has 414 valence electrons. The lowest BCUT2D eigenvalue weighted by atomic mass is 9.98. The third-order valence-corrected chi connectivity index (χ3v) is 12.2. The Hall–Kier alpha value is -4.36. The van der Waals surface area contributed by atoms with Crippen molar-refractivity contribution in [2.75, 3.05) is 13.2 Å². The van der Waals surface area contributed by atoms with Gasteiger partial charge in [0.25, 0.3) is 0 Å². The Kier molecular flexibility index (Phi) is 44.4. The van der Waals surface area contributed by atoms with E-state index in [0.717, 1.165) is 89.9 Å². The summed E-state index contributed by atoms with van der Waals surface area (Å²) >= 11 is 0. The second-order valence-corrected chi connectivity index (χ2v) is 18.8. The number of aliphatic hydroxyl groups excluding tert-OH is 2. The number of unbranched alkanes of at least 4 members (excludes halogenated alkanes) is 16. The van der Waals surface area contributed by atoms with Crippen molar-refractivity contribution in [3.8, 4) is 0 Å². The Labute approximate surface area is 441 Å². The fourth-order valence-corrected chi connectivity index (χ4v) is 7.89. The Balaban J connectivity index is 2.76. The highest BCUT2D eigenvalue weighted by atomic mass is 16.7. The van der Waals surface area contributed by atoms with Gasteiger partial charge in [0.15, 0.2) is 24.6 Å². The van der Waals surface area contributed by atoms with E-state index in [-0.39, 0.29) is 25.9 Å². The summed E-state index contributed by atoms with van der Waals surface area (Å²) in [5.74, 6) is -3.24. The molecule has 3 N–H and O–H groups in total. The molecule has 0 radical (unpaired) electrons. The topological polar surface area (TPSA) is 175 Å². The number of aliphatic hydroxyl groups is 2. The minimum absolute atomic E-state index is 0.0240. The molecule has 1 heterocycles. The van der Waals surface area contributed by atoms with Crippen LogP contribution in [0.1, 0.15) is 213 Å². The summed E-state index contributed by atoms with van der Waals surface area (Å²) in [7, 11) is 0. The molecule has 0 bridgehead atoms. The first-order chi connectivity index (χ1) is 35.6. The van der Waals surface area contributed by atoms with E-state index in [9.17, 15) is 34.5 Å². The number of carboxylic acids is 1. The zero-order chi connectivity index (χ0) is 53.3. The molecule has 1 fully saturated rings. The third-order valence-electron chi connectivity index (χ3n) is 12.2. The first kappa shape index (κ1) is 66.7. The summed E-state index contributed by atoms with van der Waals surface area (Å²) in [6.07, 6.45) is 51.0. The predicted molar refractivity (Wildman–Crippen MR) is 294 cm³/mol. The highest BCUT2D eigenvalue weighted by Crippen LogP contribution is 2.26. The van der Waals surface area contributed by atoms with Gasteiger partial charge in [-0.1, -0.05) is 201 Å². The zero-order valence-corrected chi connectivity index (χ0v) is 45.3. The van der Waals surface area contributed by atoms with Gasteiger partial charge in [0, 0.05) is 19.3 Å². The van der Waals surface area contributed by atoms with Gasteiger partial charge in [-0.15, -0.1) is 0 Å². The molecule has 0 amide bonds. The maximum Gasteiger partial charge on any atom is 0.335 e. The van der Waals surface area contributed by atoms with Gasteiger partial charge in [-0.2, -0.15) is 0 Å². The van der Waals surface area contributed by atoms with Gasteiger partial charge in [0.2, 0.25) is 0 Å². The van der Waals surface area contributed by atoms with Crippen molar-refractivity contribution in [2.45, 2.75) is 250 Å². The van der Waals surface area contributed by atoms with Crippen molar-refractivity contribution >= 4 is 23.9 Å². The van der Waals surface area contributed by atoms with Crippen molar-refractivity contribution in [2.24, 2.45) is 0 Å². The Bertz CT molecular complexity index is 1640. The van der Waals surface area contributed by atoms with Crippen LogP contribution in [0, 0.1) is 0 Å². The molecule has 12 heteroatoms. The molecule has 1 saturated heterocycles. The fraction of sp³-hybridized carbons (Fsp3) is 0.672. The number of carbonyl (C=O) groups is 4. The zero-order valence-electron chi connectivity index (χ0n) is 45.3. The van der Waals surface area contributed by atoms with Crippen LogP contribution in [-0.2, 0) is 42.9 Å². The Morgan fingerprint density at radius 1 is 0.466 bits per heavy atom. The van der Waals surface area contributed by atoms with Crippen LogP contribution in [0.25, 0.3) is 0 Å². The molecule has 6 unspecified atom stereocenters. The summed E-state index contributed by atoms with van der Waals surface area (Å²) in [5, 5.41) is 31.4. The van der Waals surface area contributed by atoms with Crippen molar-refractivity contribution in [1.82, 2.24) is 0 Å². The van der Waals surface area contributed by atoms with Crippen molar-refractivity contribution < 1.29 is 58.2 Å². The first-order valence-electron chi connectivity index (χ1n) is 28.2. The van der Waals surface area contributed by atoms with Gasteiger partial charge in [-0.25, -0.2) is 4.79 Å². The van der Waals surface area contributed by atoms with Crippen LogP contribution in [0.5, 0.6) is 0 Å². The van der Waals surface area contributed by atoms with E-state index in [2.05, 4.69) is 106 Å². The number of aliphatic carboxylic acids is 1. The van der Waals surface area contributed by atoms with Crippen LogP contribution in [0.3, 0.4) is 0 Å². The number of carboxylic acid groups (broad SMARTS) is 1. The van der Waals surface area contributed by atoms with Crippen LogP contribution < -0.4 is 0 Å². The standard InChI is InChI=1S/C61H98O12/c1-4-7-10-13-16-19-22-25-26-27-28-31-34-37-40-43-46-49-55(64)72-59-57(66)56(65)58(60(67)68)73-61(59)70-51-52(71-54(63)48-45-42-39-36-33-30-24-21-18-15-12-9-6-3)50-69-53(62)47-44-41-38-35-32-29-23-20-17-14-11-8-5-2/h7-8,10-11,16-17,19-20,25-26,28-29,31-32,37,40,52,56-59,61,65-66H,4-6,9,12-15,18,21-24,27,30,33-36,38-39,41-51H2,1-3H3,(H,67,68)/b10-7-,11-8-,19-16-,20-17-,26-25-,31-28-,32-29-,40-37-. The Morgan fingerprint density at radius 3 is 1.36 bits per heavy atom. The summed E-state index contributed by atoms with van der Waals surface area (Å²) < 4.78 is 28.3. The number of rotatable bonds is 46. The molecule has 0 aromatic rings. The van der Waals surface area contributed by atoms with Gasteiger partial charge in [0.1, 0.15) is 18.8 Å². The monoisotopic (exact) mass is 1020 g/mol. The maximum atomic E-state index is 13.1. The number of hydrogen-bond acceptors (Lipinski definition) is 11. The number of hydrogen-bond donors (Lipinski definition) is 3. The molecule has 0 aliphatic carbocycles. The molecule has 73 heavy (non-hydrogen) atoms. The summed E-state index contributed by atoms with van der Waals surface area (Å²) in [6.45, 7) is 5.70. The van der Waals surface area contributed by atoms with Crippen molar-refractivity contribution in [3.63, 3.8) is 0 Å². The van der Waals surface area contributed by atoms with Crippen molar-refractivity contribution in [3.05, 3.63) is 97.2 Å². The van der Waals surface area contributed by atoms with Gasteiger partial charge >= 0.3 is 23.9 Å². The van der Waals surface area contributed by atoms with Gasteiger partial charge in [-0.3, -0.25) is 14.4 Å². The third kappa shape index (κ3) is 38.8. The highest BCUT2D eigenvalue weighted by Gasteiger charge is 2.50. The number of carbonyl (C=O) groups excluding carboxylic acids is 3. The molecule has 1 aliphatic heterocycles. The van der Waals surface area contributed by atoms with Gasteiger partial charge < -0.3 is 39.0 Å². The van der Waals surface area contributed by atoms with E-state index < -0.39 is 67.3 Å². The van der Waals surface area contributed by atoms with E-state index in [4.69, 9.17) is 23.7 Å². The molecular formula is C61H98O12. The van der Waals surface area contributed by atoms with E-state index in [1.165, 1.54) is 57.8 Å². The molecule has 1 aliphatic rings. The lowest BCUT2D eigenvalue weighted by Crippen LogP contribution is -2.61. The van der Waals surface area contributed by atoms with Crippen LogP contribution >= 0.6 is 0 Å². The van der Waals surface area contributed by atoms with Crippen LogP contribution in [0.15, 0.2) is 97.2 Å². The predicted octanol–water partition coefficient (Wildman–Crippen LogP) is 14.1. The second-order valence-electron chi connectivity index (χ2n) is 18.8. The van der Waals surface area contributed by atoms with Gasteiger partial charge in [-0.05, 0) is 89.9 Å². The van der Waals surface area contributed by atoms with Gasteiger partial charge in [0.05, 0.1) is 6.61 Å². The van der Waals surface area contributed by atoms with Crippen LogP contribution in [-0.4, -0.2) is 89.2 Å². The molecule has 0 saturated carbocycles. The average Bonchev–Trinajstić information content (AvgIpc) is 3.37. The van der Waals surface area contributed by atoms with E-state index in [0.29, 0.717) is 25.7 Å². The number of allylic oxidation sites excluding steroid dienone is 16. The summed E-state index contributed by atoms with van der Waals surface area (Å²) in [5.41, 5.74) is 0. The van der Waals surface area contributed by atoms with Crippen LogP contribution in [0.2, 0.25) is 0 Å². The number of ether oxygens (including phenoxy) is 5. The minimum atomic E-state index is -1.93. The molecule has 6 atom stereocenters. The lowest BCUT2D eigenvalue weighted by molar-refractivity contribution is -0.301. The first-order valence-corrected chi connectivity index (χ1v) is 28.2. The maximum absolute atomic E-state index is 13.1. The van der Waals surface area contributed by atoms with E-state index in [1.807, 2.05) is 12.2 Å². The smallest absolute Gasteiger partial charge is 0.335 e. The molecule has 12 nitrogen and oxygen atoms in total. The SMILES string of the molecule is CC/C=C\C/C=C\C/C=C\C/C=C\C/C=C\CCCC(=O)OC1C(OCC(COC(=O)CCCCC/C=C\C/C=C\C/C=C\CC)OC(=O)CCCCCCCCCCCCCCC)OC(C(=O)O)C(O)C1O. The van der Waals surface area contributed by atoms with E-state index in [1.54, 1.807) is 0 Å².